The topological polar surface area (TPSA) is 44.8 Å². The molecule has 132 valence electrons. The molecule has 0 radical (unpaired) electrons. The van der Waals surface area contributed by atoms with Crippen LogP contribution in [-0.4, -0.2) is 27.1 Å². The second-order valence-corrected chi connectivity index (χ2v) is 5.60. The fourth-order valence-corrected chi connectivity index (χ4v) is 2.90. The summed E-state index contributed by atoms with van der Waals surface area (Å²) in [5, 5.41) is 0.349. The molecule has 0 bridgehead atoms. The van der Waals surface area contributed by atoms with Gasteiger partial charge in [0.1, 0.15) is 5.82 Å². The zero-order chi connectivity index (χ0) is 18.6. The van der Waals surface area contributed by atoms with Crippen LogP contribution < -0.4 is 14.2 Å². The van der Waals surface area contributed by atoms with Gasteiger partial charge in [-0.1, -0.05) is 23.2 Å². The summed E-state index contributed by atoms with van der Waals surface area (Å²) in [7, 11) is 4.28. The first-order valence-electron chi connectivity index (χ1n) is 7.09. The van der Waals surface area contributed by atoms with E-state index in [-0.39, 0.29) is 33.1 Å². The van der Waals surface area contributed by atoms with E-state index in [0.717, 1.165) is 0 Å². The molecule has 0 aliphatic rings. The van der Waals surface area contributed by atoms with Gasteiger partial charge in [0, 0.05) is 11.1 Å². The van der Waals surface area contributed by atoms with Gasteiger partial charge < -0.3 is 14.2 Å². The Morgan fingerprint density at radius 3 is 1.84 bits per heavy atom. The summed E-state index contributed by atoms with van der Waals surface area (Å²) < 4.78 is 28.7. The third-order valence-electron chi connectivity index (χ3n) is 3.43. The number of carbonyl (C=O) groups excluding carboxylic acids is 1. The van der Waals surface area contributed by atoms with Gasteiger partial charge in [0.25, 0.3) is 0 Å². The van der Waals surface area contributed by atoms with Gasteiger partial charge >= 0.3 is 0 Å². The van der Waals surface area contributed by atoms with Crippen LogP contribution in [0.1, 0.15) is 15.9 Å². The molecule has 25 heavy (non-hydrogen) atoms. The van der Waals surface area contributed by atoms with Crippen LogP contribution in [0, 0.1) is 5.82 Å². The highest BCUT2D eigenvalue weighted by Gasteiger charge is 2.23. The van der Waals surface area contributed by atoms with E-state index in [9.17, 15) is 9.18 Å². The molecule has 7 heteroatoms. The number of rotatable bonds is 6. The van der Waals surface area contributed by atoms with Gasteiger partial charge in [-0.3, -0.25) is 4.79 Å². The first-order chi connectivity index (χ1) is 11.9. The summed E-state index contributed by atoms with van der Waals surface area (Å²) in [6.45, 7) is 0. The molecule has 2 rings (SSSR count). The molecular formula is C18H15Cl2FO4. The summed E-state index contributed by atoms with van der Waals surface area (Å²) in [4.78, 5) is 12.2. The fraction of sp³-hybridized carbons (Fsp3) is 0.167. The molecule has 0 saturated heterocycles. The molecule has 0 saturated carbocycles. The highest BCUT2D eigenvalue weighted by Crippen LogP contribution is 2.50. The molecule has 0 amide bonds. The Balaban J connectivity index is 2.48. The van der Waals surface area contributed by atoms with Gasteiger partial charge in [-0.05, 0) is 36.4 Å². The van der Waals surface area contributed by atoms with E-state index in [1.807, 2.05) is 0 Å². The number of ether oxygens (including phenoxy) is 3. The van der Waals surface area contributed by atoms with E-state index >= 15 is 0 Å². The maximum Gasteiger partial charge on any atom is 0.206 e. The minimum absolute atomic E-state index is 0.174. The van der Waals surface area contributed by atoms with Crippen LogP contribution in [0.25, 0.3) is 6.08 Å². The molecule has 2 aromatic rings. The SMILES string of the molecule is COc1c(Cl)c(/C=C/C(=O)c2ccc(F)cc2)c(Cl)c(OC)c1OC. The average molecular weight is 385 g/mol. The lowest BCUT2D eigenvalue weighted by Gasteiger charge is -2.17. The Kier molecular flexibility index (Phi) is 6.28. The lowest BCUT2D eigenvalue weighted by Crippen LogP contribution is -1.99. The Labute approximate surface area is 154 Å². The molecule has 2 aromatic carbocycles. The normalized spacial score (nSPS) is 10.8. The van der Waals surface area contributed by atoms with Crippen LogP contribution in [-0.2, 0) is 0 Å². The highest BCUT2D eigenvalue weighted by atomic mass is 35.5. The first-order valence-corrected chi connectivity index (χ1v) is 7.85. The fourth-order valence-electron chi connectivity index (χ4n) is 2.21. The molecule has 0 aliphatic heterocycles. The molecule has 0 aliphatic carbocycles. The lowest BCUT2D eigenvalue weighted by molar-refractivity contribution is 0.104. The minimum Gasteiger partial charge on any atom is -0.491 e. The largest absolute Gasteiger partial charge is 0.491 e. The number of benzene rings is 2. The second-order valence-electron chi connectivity index (χ2n) is 4.85. The number of methoxy groups -OCH3 is 3. The number of ketones is 1. The van der Waals surface area contributed by atoms with Crippen LogP contribution in [0.5, 0.6) is 17.2 Å². The number of hydrogen-bond acceptors (Lipinski definition) is 4. The van der Waals surface area contributed by atoms with Crippen LogP contribution in [0.3, 0.4) is 0 Å². The van der Waals surface area contributed by atoms with Gasteiger partial charge in [-0.2, -0.15) is 0 Å². The van der Waals surface area contributed by atoms with Gasteiger partial charge in [0.15, 0.2) is 17.3 Å². The molecule has 0 N–H and O–H groups in total. The van der Waals surface area contributed by atoms with Crippen molar-refractivity contribution in [3.63, 3.8) is 0 Å². The molecule has 4 nitrogen and oxygen atoms in total. The quantitative estimate of drug-likeness (QED) is 0.516. The van der Waals surface area contributed by atoms with Gasteiger partial charge in [-0.25, -0.2) is 4.39 Å². The van der Waals surface area contributed by atoms with Gasteiger partial charge in [-0.15, -0.1) is 0 Å². The molecular weight excluding hydrogens is 370 g/mol. The van der Waals surface area contributed by atoms with Crippen molar-refractivity contribution in [1.82, 2.24) is 0 Å². The number of carbonyl (C=O) groups is 1. The van der Waals surface area contributed by atoms with E-state index in [4.69, 9.17) is 37.4 Å². The van der Waals surface area contributed by atoms with Crippen molar-refractivity contribution in [2.75, 3.05) is 21.3 Å². The van der Waals surface area contributed by atoms with Crippen molar-refractivity contribution in [3.05, 3.63) is 57.3 Å². The summed E-state index contributed by atoms with van der Waals surface area (Å²) in [6, 6.07) is 5.20. The zero-order valence-electron chi connectivity index (χ0n) is 13.7. The Bertz CT molecular complexity index is 786. The van der Waals surface area contributed by atoms with E-state index in [1.54, 1.807) is 0 Å². The maximum absolute atomic E-state index is 12.9. The Hall–Kier alpha value is -2.24. The third-order valence-corrected chi connectivity index (χ3v) is 4.18. The van der Waals surface area contributed by atoms with Crippen molar-refractivity contribution in [2.24, 2.45) is 0 Å². The van der Waals surface area contributed by atoms with Crippen molar-refractivity contribution in [2.45, 2.75) is 0 Å². The average Bonchev–Trinajstić information content (AvgIpc) is 2.61. The molecule has 0 spiro atoms. The zero-order valence-corrected chi connectivity index (χ0v) is 15.2. The molecule has 0 atom stereocenters. The number of allylic oxidation sites excluding steroid dienone is 1. The molecule has 0 aromatic heterocycles. The smallest absolute Gasteiger partial charge is 0.206 e. The first kappa shape index (κ1) is 19.1. The lowest BCUT2D eigenvalue weighted by atomic mass is 10.1. The van der Waals surface area contributed by atoms with Crippen molar-refractivity contribution in [3.8, 4) is 17.2 Å². The number of hydrogen-bond donors (Lipinski definition) is 0. The number of halogens is 3. The van der Waals surface area contributed by atoms with Crippen LogP contribution in [0.4, 0.5) is 4.39 Å². The maximum atomic E-state index is 12.9. The van der Waals surface area contributed by atoms with Crippen molar-refractivity contribution in [1.29, 1.82) is 0 Å². The van der Waals surface area contributed by atoms with Gasteiger partial charge in [0.05, 0.1) is 31.4 Å². The van der Waals surface area contributed by atoms with Gasteiger partial charge in [0.2, 0.25) is 5.75 Å². The van der Waals surface area contributed by atoms with E-state index in [1.165, 1.54) is 57.7 Å². The standard InChI is InChI=1S/C18H15Cl2FO4/c1-23-16-14(19)12(15(20)17(24-2)18(16)25-3)8-9-13(22)10-4-6-11(21)7-5-10/h4-9H,1-3H3/b9-8+. The van der Waals surface area contributed by atoms with Crippen molar-refractivity contribution >= 4 is 35.1 Å². The van der Waals surface area contributed by atoms with E-state index < -0.39 is 5.82 Å². The molecule has 0 heterocycles. The van der Waals surface area contributed by atoms with E-state index in [2.05, 4.69) is 0 Å². The van der Waals surface area contributed by atoms with Crippen molar-refractivity contribution < 1.29 is 23.4 Å². The van der Waals surface area contributed by atoms with Crippen LogP contribution >= 0.6 is 23.2 Å². The van der Waals surface area contributed by atoms with Crippen LogP contribution in [0.15, 0.2) is 30.3 Å². The summed E-state index contributed by atoms with van der Waals surface area (Å²) >= 11 is 12.6. The highest BCUT2D eigenvalue weighted by molar-refractivity contribution is 6.39. The predicted molar refractivity (Wildman–Crippen MR) is 95.9 cm³/mol. The Morgan fingerprint density at radius 1 is 0.920 bits per heavy atom. The summed E-state index contributed by atoms with van der Waals surface area (Å²) in [5.41, 5.74) is 0.672. The van der Waals surface area contributed by atoms with E-state index in [0.29, 0.717) is 11.1 Å². The molecule has 0 unspecified atom stereocenters. The summed E-state index contributed by atoms with van der Waals surface area (Å²) in [5.74, 6) is -0.0299. The summed E-state index contributed by atoms with van der Waals surface area (Å²) in [6.07, 6.45) is 2.73. The third kappa shape index (κ3) is 3.89. The Morgan fingerprint density at radius 2 is 1.40 bits per heavy atom. The molecule has 0 fully saturated rings. The van der Waals surface area contributed by atoms with Crippen LogP contribution in [0.2, 0.25) is 10.0 Å². The predicted octanol–water partition coefficient (Wildman–Crippen LogP) is 5.05. The monoisotopic (exact) mass is 384 g/mol. The second kappa shape index (κ2) is 8.23. The minimum atomic E-state index is -0.420.